The molecule has 2 aromatic rings. The van der Waals surface area contributed by atoms with Gasteiger partial charge in [0, 0.05) is 10.9 Å². The van der Waals surface area contributed by atoms with E-state index >= 15 is 0 Å². The third kappa shape index (κ3) is 3.38. The van der Waals surface area contributed by atoms with E-state index in [1.807, 2.05) is 0 Å². The Kier molecular flexibility index (Phi) is 4.78. The molecule has 0 unspecified atom stereocenters. The number of rotatable bonds is 4. The first-order chi connectivity index (χ1) is 9.51. The Hall–Kier alpha value is -1.39. The van der Waals surface area contributed by atoms with Gasteiger partial charge in [-0.2, -0.15) is 0 Å². The normalized spacial score (nSPS) is 10.4. The molecule has 0 aliphatic heterocycles. The number of ether oxygens (including phenoxy) is 1. The molecule has 0 spiro atoms. The van der Waals surface area contributed by atoms with E-state index in [0.29, 0.717) is 16.9 Å². The van der Waals surface area contributed by atoms with Gasteiger partial charge in [-0.05, 0) is 35.9 Å². The molecule has 0 amide bonds. The molecule has 104 valence electrons. The molecule has 0 atom stereocenters. The Bertz CT molecular complexity index is 658. The minimum atomic E-state index is -0.528. The molecule has 2 rings (SSSR count). The van der Waals surface area contributed by atoms with Crippen LogP contribution in [0, 0.1) is 5.82 Å². The Morgan fingerprint density at radius 3 is 2.70 bits per heavy atom. The third-order valence-corrected chi connectivity index (χ3v) is 3.61. The summed E-state index contributed by atoms with van der Waals surface area (Å²) in [6, 6.07) is 9.50. The van der Waals surface area contributed by atoms with E-state index in [1.54, 1.807) is 24.3 Å². The number of halogens is 3. The van der Waals surface area contributed by atoms with Crippen molar-refractivity contribution in [3.8, 4) is 5.75 Å². The lowest BCUT2D eigenvalue weighted by Gasteiger charge is -2.08. The Balaban J connectivity index is 2.25. The molecule has 0 radical (unpaired) electrons. The second-order valence-electron chi connectivity index (χ2n) is 4.19. The first-order valence-corrected chi connectivity index (χ1v) is 6.99. The van der Waals surface area contributed by atoms with Gasteiger partial charge in [-0.15, -0.1) is 0 Å². The van der Waals surface area contributed by atoms with Crippen LogP contribution in [0.4, 0.5) is 4.39 Å². The Labute approximate surface area is 129 Å². The zero-order valence-corrected chi connectivity index (χ0v) is 13.0. The Morgan fingerprint density at radius 2 is 2.05 bits per heavy atom. The summed E-state index contributed by atoms with van der Waals surface area (Å²) in [5.41, 5.74) is 1.04. The summed E-state index contributed by atoms with van der Waals surface area (Å²) >= 11 is 8.93. The number of methoxy groups -OCH3 is 1. The van der Waals surface area contributed by atoms with Crippen molar-refractivity contribution in [2.45, 2.75) is 6.42 Å². The van der Waals surface area contributed by atoms with Crippen molar-refractivity contribution in [2.75, 3.05) is 7.11 Å². The van der Waals surface area contributed by atoms with Gasteiger partial charge >= 0.3 is 0 Å². The summed E-state index contributed by atoms with van der Waals surface area (Å²) in [6.45, 7) is 0. The third-order valence-electron chi connectivity index (χ3n) is 2.81. The highest BCUT2D eigenvalue weighted by Gasteiger charge is 2.14. The van der Waals surface area contributed by atoms with Crippen molar-refractivity contribution in [1.82, 2.24) is 0 Å². The Morgan fingerprint density at radius 1 is 1.30 bits per heavy atom. The van der Waals surface area contributed by atoms with Gasteiger partial charge in [0.15, 0.2) is 5.78 Å². The van der Waals surface area contributed by atoms with Gasteiger partial charge in [-0.25, -0.2) is 4.39 Å². The zero-order chi connectivity index (χ0) is 14.7. The van der Waals surface area contributed by atoms with E-state index in [4.69, 9.17) is 16.3 Å². The fourth-order valence-corrected chi connectivity index (χ4v) is 2.28. The molecule has 0 aliphatic rings. The average Bonchev–Trinajstić information content (AvgIpc) is 2.42. The smallest absolute Gasteiger partial charge is 0.170 e. The van der Waals surface area contributed by atoms with Crippen molar-refractivity contribution in [3.05, 3.63) is 62.8 Å². The molecule has 2 aromatic carbocycles. The van der Waals surface area contributed by atoms with Gasteiger partial charge in [0.05, 0.1) is 17.7 Å². The number of hydrogen-bond donors (Lipinski definition) is 0. The van der Waals surface area contributed by atoms with Gasteiger partial charge in [-0.3, -0.25) is 4.79 Å². The van der Waals surface area contributed by atoms with Gasteiger partial charge < -0.3 is 4.74 Å². The lowest BCUT2D eigenvalue weighted by Crippen LogP contribution is -2.06. The zero-order valence-electron chi connectivity index (χ0n) is 10.6. The van der Waals surface area contributed by atoms with Crippen LogP contribution in [0.25, 0.3) is 0 Å². The number of benzene rings is 2. The standard InChI is InChI=1S/C15H11BrClFO2/c1-20-15-8-10(16)3-4-11(15)14(19)7-9-2-5-12(17)13(18)6-9/h2-6,8H,7H2,1H3. The molecule has 0 fully saturated rings. The van der Waals surface area contributed by atoms with Gasteiger partial charge in [-0.1, -0.05) is 33.6 Å². The van der Waals surface area contributed by atoms with Crippen LogP contribution in [-0.4, -0.2) is 12.9 Å². The van der Waals surface area contributed by atoms with Crippen LogP contribution >= 0.6 is 27.5 Å². The van der Waals surface area contributed by atoms with Gasteiger partial charge in [0.25, 0.3) is 0 Å². The van der Waals surface area contributed by atoms with Crippen molar-refractivity contribution in [2.24, 2.45) is 0 Å². The highest BCUT2D eigenvalue weighted by Crippen LogP contribution is 2.25. The molecule has 0 bridgehead atoms. The number of ketones is 1. The lowest BCUT2D eigenvalue weighted by atomic mass is 10.0. The predicted molar refractivity (Wildman–Crippen MR) is 80.1 cm³/mol. The maximum atomic E-state index is 13.4. The SMILES string of the molecule is COc1cc(Br)ccc1C(=O)Cc1ccc(Cl)c(F)c1. The molecule has 5 heteroatoms. The van der Waals surface area contributed by atoms with E-state index in [-0.39, 0.29) is 17.2 Å². The van der Waals surface area contributed by atoms with Crippen LogP contribution in [0.2, 0.25) is 5.02 Å². The van der Waals surface area contributed by atoms with Crippen LogP contribution in [-0.2, 0) is 6.42 Å². The fourth-order valence-electron chi connectivity index (χ4n) is 1.83. The molecule has 0 aliphatic carbocycles. The molecular weight excluding hydrogens is 347 g/mol. The maximum Gasteiger partial charge on any atom is 0.170 e. The molecule has 2 nitrogen and oxygen atoms in total. The second kappa shape index (κ2) is 6.37. The fraction of sp³-hybridized carbons (Fsp3) is 0.133. The summed E-state index contributed by atoms with van der Waals surface area (Å²) < 4.78 is 19.4. The lowest BCUT2D eigenvalue weighted by molar-refractivity contribution is 0.0990. The number of Topliss-reactive ketones (excluding diaryl/α,β-unsaturated/α-hetero) is 1. The van der Waals surface area contributed by atoms with E-state index in [1.165, 1.54) is 19.2 Å². The second-order valence-corrected chi connectivity index (χ2v) is 5.52. The van der Waals surface area contributed by atoms with Crippen LogP contribution in [0.3, 0.4) is 0 Å². The largest absolute Gasteiger partial charge is 0.496 e. The molecule has 0 heterocycles. The molecule has 0 aromatic heterocycles. The van der Waals surface area contributed by atoms with Gasteiger partial charge in [0.1, 0.15) is 11.6 Å². The highest BCUT2D eigenvalue weighted by molar-refractivity contribution is 9.10. The number of carbonyl (C=O) groups is 1. The van der Waals surface area contributed by atoms with Crippen molar-refractivity contribution in [3.63, 3.8) is 0 Å². The van der Waals surface area contributed by atoms with Crippen LogP contribution < -0.4 is 4.74 Å². The van der Waals surface area contributed by atoms with Crippen molar-refractivity contribution in [1.29, 1.82) is 0 Å². The van der Waals surface area contributed by atoms with E-state index in [2.05, 4.69) is 15.9 Å². The number of hydrogen-bond acceptors (Lipinski definition) is 2. The topological polar surface area (TPSA) is 26.3 Å². The monoisotopic (exact) mass is 356 g/mol. The van der Waals surface area contributed by atoms with Crippen molar-refractivity contribution >= 4 is 33.3 Å². The van der Waals surface area contributed by atoms with Crippen molar-refractivity contribution < 1.29 is 13.9 Å². The molecular formula is C15H11BrClFO2. The first-order valence-electron chi connectivity index (χ1n) is 5.82. The summed E-state index contributed by atoms with van der Waals surface area (Å²) in [4.78, 5) is 12.3. The quantitative estimate of drug-likeness (QED) is 0.743. The average molecular weight is 358 g/mol. The minimum absolute atomic E-state index is 0.0439. The van der Waals surface area contributed by atoms with E-state index in [9.17, 15) is 9.18 Å². The summed E-state index contributed by atoms with van der Waals surface area (Å²) in [5, 5.41) is 0.0439. The molecule has 0 saturated heterocycles. The molecule has 0 N–H and O–H groups in total. The van der Waals surface area contributed by atoms with Crippen LogP contribution in [0.5, 0.6) is 5.75 Å². The minimum Gasteiger partial charge on any atom is -0.496 e. The summed E-state index contributed by atoms with van der Waals surface area (Å²) in [5.74, 6) is -0.186. The maximum absolute atomic E-state index is 13.4. The summed E-state index contributed by atoms with van der Waals surface area (Å²) in [7, 11) is 1.50. The number of carbonyl (C=O) groups excluding carboxylic acids is 1. The molecule has 0 saturated carbocycles. The van der Waals surface area contributed by atoms with Crippen LogP contribution in [0.15, 0.2) is 40.9 Å². The first kappa shape index (κ1) is 15.0. The highest BCUT2D eigenvalue weighted by atomic mass is 79.9. The molecule has 20 heavy (non-hydrogen) atoms. The van der Waals surface area contributed by atoms with Gasteiger partial charge in [0.2, 0.25) is 0 Å². The predicted octanol–water partition coefficient (Wildman–Crippen LogP) is 4.68. The van der Waals surface area contributed by atoms with E-state index < -0.39 is 5.82 Å². The van der Waals surface area contributed by atoms with E-state index in [0.717, 1.165) is 4.47 Å². The van der Waals surface area contributed by atoms with Crippen LogP contribution in [0.1, 0.15) is 15.9 Å². The summed E-state index contributed by atoms with van der Waals surface area (Å²) in [6.07, 6.45) is 0.0894.